The quantitative estimate of drug-likeness (QED) is 0.357. The Labute approximate surface area is 89.1 Å². The van der Waals surface area contributed by atoms with Crippen LogP contribution in [-0.2, 0) is 4.79 Å². The summed E-state index contributed by atoms with van der Waals surface area (Å²) in [5.74, 6) is -0.430. The molecule has 1 unspecified atom stereocenters. The molecule has 4 N–H and O–H groups in total. The van der Waals surface area contributed by atoms with Crippen LogP contribution in [0, 0.1) is 0 Å². The summed E-state index contributed by atoms with van der Waals surface area (Å²) < 4.78 is 0.332. The molecule has 0 aromatic carbocycles. The van der Waals surface area contributed by atoms with Gasteiger partial charge in [0, 0.05) is 9.65 Å². The normalized spacial score (nSPS) is 20.0. The van der Waals surface area contributed by atoms with Gasteiger partial charge in [-0.05, 0) is 6.07 Å². The summed E-state index contributed by atoms with van der Waals surface area (Å²) in [7, 11) is -1.55. The number of hydrogen-bond donors (Lipinski definition) is 4. The summed E-state index contributed by atoms with van der Waals surface area (Å²) in [4.78, 5) is 22.7. The molecule has 1 aliphatic rings. The first-order valence-corrected chi connectivity index (χ1v) is 4.96. The van der Waals surface area contributed by atoms with Crippen LogP contribution >= 0.6 is 11.3 Å². The van der Waals surface area contributed by atoms with Gasteiger partial charge in [-0.15, -0.1) is 11.3 Å². The molecule has 0 bridgehead atoms. The first-order chi connectivity index (χ1) is 7.08. The van der Waals surface area contributed by atoms with Crippen molar-refractivity contribution in [3.63, 3.8) is 0 Å². The van der Waals surface area contributed by atoms with E-state index in [1.807, 2.05) is 0 Å². The highest BCUT2D eigenvalue weighted by molar-refractivity contribution is 7.22. The van der Waals surface area contributed by atoms with Crippen LogP contribution in [0.2, 0.25) is 0 Å². The van der Waals surface area contributed by atoms with Crippen molar-refractivity contribution in [1.29, 1.82) is 0 Å². The first-order valence-electron chi connectivity index (χ1n) is 4.15. The fourth-order valence-corrected chi connectivity index (χ4v) is 2.21. The van der Waals surface area contributed by atoms with Crippen LogP contribution < -0.4 is 15.4 Å². The van der Waals surface area contributed by atoms with E-state index in [1.165, 1.54) is 6.07 Å². The van der Waals surface area contributed by atoms with Crippen molar-refractivity contribution >= 4 is 35.2 Å². The predicted octanol–water partition coefficient (Wildman–Crippen LogP) is -1.69. The van der Waals surface area contributed by atoms with E-state index < -0.39 is 25.1 Å². The third-order valence-electron chi connectivity index (χ3n) is 1.96. The van der Waals surface area contributed by atoms with Gasteiger partial charge in [0.15, 0.2) is 0 Å². The molecular weight excluding hydrogens is 219 g/mol. The van der Waals surface area contributed by atoms with E-state index >= 15 is 0 Å². The standard InChI is InChI=1S/C7H7BN2O4S/c11-6-5(9-7(12)10-6)3-1-2-4(15-3)8(13)14/h1-2,5,13-14H,(H2,9,10,11,12). The average molecular weight is 226 g/mol. The molecule has 2 rings (SSSR count). The Kier molecular flexibility index (Phi) is 2.47. The topological polar surface area (TPSA) is 98.7 Å². The lowest BCUT2D eigenvalue weighted by Crippen LogP contribution is -2.26. The van der Waals surface area contributed by atoms with Crippen molar-refractivity contribution in [2.24, 2.45) is 0 Å². The van der Waals surface area contributed by atoms with Gasteiger partial charge in [0.2, 0.25) is 0 Å². The maximum Gasteiger partial charge on any atom is 0.499 e. The maximum atomic E-state index is 11.3. The molecule has 6 nitrogen and oxygen atoms in total. The lowest BCUT2D eigenvalue weighted by Gasteiger charge is -2.02. The van der Waals surface area contributed by atoms with E-state index in [4.69, 9.17) is 10.0 Å². The highest BCUT2D eigenvalue weighted by Gasteiger charge is 2.32. The third-order valence-corrected chi connectivity index (χ3v) is 3.15. The second-order valence-electron chi connectivity index (χ2n) is 3.01. The van der Waals surface area contributed by atoms with Gasteiger partial charge < -0.3 is 15.4 Å². The molecule has 2 heterocycles. The van der Waals surface area contributed by atoms with Crippen molar-refractivity contribution in [1.82, 2.24) is 10.6 Å². The zero-order valence-electron chi connectivity index (χ0n) is 7.43. The van der Waals surface area contributed by atoms with Gasteiger partial charge in [-0.25, -0.2) is 4.79 Å². The van der Waals surface area contributed by atoms with Gasteiger partial charge in [0.1, 0.15) is 6.04 Å². The molecule has 15 heavy (non-hydrogen) atoms. The summed E-state index contributed by atoms with van der Waals surface area (Å²) in [6, 6.07) is 1.82. The number of urea groups is 1. The van der Waals surface area contributed by atoms with Crippen LogP contribution in [0.25, 0.3) is 0 Å². The molecule has 1 fully saturated rings. The lowest BCUT2D eigenvalue weighted by atomic mass is 9.90. The summed E-state index contributed by atoms with van der Waals surface area (Å²) in [6.07, 6.45) is 0. The number of nitrogens with one attached hydrogen (secondary N) is 2. The number of imide groups is 1. The SMILES string of the molecule is O=C1NC(=O)C(c2ccc(B(O)O)s2)N1. The number of carbonyl (C=O) groups excluding carboxylic acids is 2. The van der Waals surface area contributed by atoms with E-state index in [9.17, 15) is 9.59 Å². The fraction of sp³-hybridized carbons (Fsp3) is 0.143. The molecule has 0 saturated carbocycles. The molecular formula is C7H7BN2O4S. The van der Waals surface area contributed by atoms with Crippen molar-refractivity contribution in [2.45, 2.75) is 6.04 Å². The van der Waals surface area contributed by atoms with Crippen molar-refractivity contribution in [3.05, 3.63) is 17.0 Å². The molecule has 1 atom stereocenters. The number of hydrogen-bond acceptors (Lipinski definition) is 5. The van der Waals surface area contributed by atoms with E-state index in [1.54, 1.807) is 6.07 Å². The van der Waals surface area contributed by atoms with Crippen LogP contribution in [0.15, 0.2) is 12.1 Å². The van der Waals surface area contributed by atoms with Crippen LogP contribution in [-0.4, -0.2) is 29.1 Å². The molecule has 1 aliphatic heterocycles. The molecule has 3 amide bonds. The van der Waals surface area contributed by atoms with Crippen LogP contribution in [0.1, 0.15) is 10.9 Å². The van der Waals surface area contributed by atoms with Gasteiger partial charge in [-0.2, -0.15) is 0 Å². The Morgan fingerprint density at radius 3 is 2.53 bits per heavy atom. The molecule has 1 aromatic heterocycles. The van der Waals surface area contributed by atoms with Gasteiger partial charge in [0.25, 0.3) is 5.91 Å². The predicted molar refractivity (Wildman–Crippen MR) is 53.6 cm³/mol. The van der Waals surface area contributed by atoms with E-state index in [2.05, 4.69) is 10.6 Å². The first kappa shape index (κ1) is 10.2. The Hall–Kier alpha value is -1.38. The second kappa shape index (κ2) is 3.65. The van der Waals surface area contributed by atoms with Gasteiger partial charge in [-0.3, -0.25) is 10.1 Å². The Balaban J connectivity index is 2.23. The number of amides is 3. The van der Waals surface area contributed by atoms with Crippen molar-refractivity contribution < 1.29 is 19.6 Å². The molecule has 0 aliphatic carbocycles. The van der Waals surface area contributed by atoms with Crippen molar-refractivity contribution in [3.8, 4) is 0 Å². The second-order valence-corrected chi connectivity index (χ2v) is 4.16. The van der Waals surface area contributed by atoms with E-state index in [0.717, 1.165) is 11.3 Å². The zero-order valence-corrected chi connectivity index (χ0v) is 8.25. The van der Waals surface area contributed by atoms with Crippen LogP contribution in [0.4, 0.5) is 4.79 Å². The minimum Gasteiger partial charge on any atom is -0.423 e. The van der Waals surface area contributed by atoms with Crippen molar-refractivity contribution in [2.75, 3.05) is 0 Å². The van der Waals surface area contributed by atoms with Crippen LogP contribution in [0.5, 0.6) is 0 Å². The molecule has 78 valence electrons. The highest BCUT2D eigenvalue weighted by atomic mass is 32.1. The van der Waals surface area contributed by atoms with E-state index in [0.29, 0.717) is 9.65 Å². The molecule has 8 heteroatoms. The molecule has 1 saturated heterocycles. The van der Waals surface area contributed by atoms with Crippen LogP contribution in [0.3, 0.4) is 0 Å². The number of carbonyl (C=O) groups is 2. The lowest BCUT2D eigenvalue weighted by molar-refractivity contribution is -0.120. The minimum absolute atomic E-state index is 0.332. The Morgan fingerprint density at radius 2 is 2.07 bits per heavy atom. The minimum atomic E-state index is -1.55. The smallest absolute Gasteiger partial charge is 0.423 e. The molecule has 0 spiro atoms. The summed E-state index contributed by atoms with van der Waals surface area (Å²) >= 11 is 1.07. The van der Waals surface area contributed by atoms with Gasteiger partial charge >= 0.3 is 13.1 Å². The van der Waals surface area contributed by atoms with Gasteiger partial charge in [0.05, 0.1) is 0 Å². The molecule has 1 aromatic rings. The summed E-state index contributed by atoms with van der Waals surface area (Å²) in [5.41, 5.74) is 0. The largest absolute Gasteiger partial charge is 0.499 e. The fourth-order valence-electron chi connectivity index (χ4n) is 1.28. The zero-order chi connectivity index (χ0) is 11.0. The third kappa shape index (κ3) is 1.87. The Morgan fingerprint density at radius 1 is 1.33 bits per heavy atom. The monoisotopic (exact) mass is 226 g/mol. The maximum absolute atomic E-state index is 11.3. The average Bonchev–Trinajstić information content (AvgIpc) is 2.71. The summed E-state index contributed by atoms with van der Waals surface area (Å²) in [6.45, 7) is 0. The van der Waals surface area contributed by atoms with E-state index in [-0.39, 0.29) is 0 Å². The number of rotatable bonds is 2. The Bertz CT molecular complexity index is 419. The number of thiophene rings is 1. The highest BCUT2D eigenvalue weighted by Crippen LogP contribution is 2.20. The summed E-state index contributed by atoms with van der Waals surface area (Å²) in [5, 5.41) is 22.3. The molecule has 0 radical (unpaired) electrons. The van der Waals surface area contributed by atoms with Gasteiger partial charge in [-0.1, -0.05) is 6.07 Å².